The number of pyridine rings is 1. The molecule has 0 aliphatic carbocycles. The van der Waals surface area contributed by atoms with Crippen LogP contribution in [0.1, 0.15) is 23.2 Å². The van der Waals surface area contributed by atoms with Gasteiger partial charge in [0.25, 0.3) is 0 Å². The lowest BCUT2D eigenvalue weighted by Gasteiger charge is -2.22. The number of nitrogens with two attached hydrogens (primary N) is 1. The average Bonchev–Trinajstić information content (AvgIpc) is 2.28. The van der Waals surface area contributed by atoms with Gasteiger partial charge >= 0.3 is 0 Å². The fraction of sp³-hybridized carbons (Fsp3) is 0.615. The first-order valence-electron chi connectivity index (χ1n) is 5.97. The van der Waals surface area contributed by atoms with Crippen LogP contribution in [0.15, 0.2) is 6.07 Å². The van der Waals surface area contributed by atoms with Gasteiger partial charge in [-0.3, -0.25) is 0 Å². The van der Waals surface area contributed by atoms with E-state index in [1.54, 1.807) is 7.11 Å². The van der Waals surface area contributed by atoms with Crippen LogP contribution in [0.4, 0.5) is 5.82 Å². The molecule has 0 aromatic carbocycles. The van der Waals surface area contributed by atoms with Crippen molar-refractivity contribution < 1.29 is 4.74 Å². The Morgan fingerprint density at radius 1 is 1.41 bits per heavy atom. The Balaban J connectivity index is 2.87. The average molecular weight is 237 g/mol. The van der Waals surface area contributed by atoms with Gasteiger partial charge in [-0.2, -0.15) is 0 Å². The van der Waals surface area contributed by atoms with Crippen LogP contribution in [0.2, 0.25) is 0 Å². The molecule has 0 unspecified atom stereocenters. The highest BCUT2D eigenvalue weighted by atomic mass is 16.5. The quantitative estimate of drug-likeness (QED) is 0.764. The molecule has 0 amide bonds. The molecule has 0 aliphatic heterocycles. The molecule has 4 heteroatoms. The predicted molar refractivity (Wildman–Crippen MR) is 71.4 cm³/mol. The predicted octanol–water partition coefficient (Wildman–Crippen LogP) is 1.63. The minimum Gasteiger partial charge on any atom is -0.385 e. The van der Waals surface area contributed by atoms with Gasteiger partial charge in [-0.15, -0.1) is 0 Å². The van der Waals surface area contributed by atoms with E-state index < -0.39 is 0 Å². The van der Waals surface area contributed by atoms with Crippen molar-refractivity contribution in [3.63, 3.8) is 0 Å². The maximum absolute atomic E-state index is 5.80. The van der Waals surface area contributed by atoms with Crippen molar-refractivity contribution >= 4 is 5.82 Å². The van der Waals surface area contributed by atoms with Crippen molar-refractivity contribution in [2.45, 2.75) is 26.8 Å². The first-order valence-corrected chi connectivity index (χ1v) is 5.97. The Bertz CT molecular complexity index is 366. The number of rotatable bonds is 6. The van der Waals surface area contributed by atoms with Gasteiger partial charge in [-0.05, 0) is 31.9 Å². The topological polar surface area (TPSA) is 51.4 Å². The molecule has 0 fully saturated rings. The van der Waals surface area contributed by atoms with E-state index in [0.717, 1.165) is 36.6 Å². The molecule has 0 radical (unpaired) electrons. The lowest BCUT2D eigenvalue weighted by molar-refractivity contribution is 0.196. The van der Waals surface area contributed by atoms with Gasteiger partial charge in [-0.25, -0.2) is 4.98 Å². The van der Waals surface area contributed by atoms with Crippen molar-refractivity contribution in [3.8, 4) is 0 Å². The molecule has 1 heterocycles. The van der Waals surface area contributed by atoms with Crippen LogP contribution in [0.3, 0.4) is 0 Å². The van der Waals surface area contributed by atoms with Crippen molar-refractivity contribution in [3.05, 3.63) is 22.9 Å². The van der Waals surface area contributed by atoms with E-state index >= 15 is 0 Å². The Morgan fingerprint density at radius 2 is 2.12 bits per heavy atom. The first kappa shape index (κ1) is 13.9. The fourth-order valence-corrected chi connectivity index (χ4v) is 1.96. The smallest absolute Gasteiger partial charge is 0.133 e. The monoisotopic (exact) mass is 237 g/mol. The molecule has 4 nitrogen and oxygen atoms in total. The second-order valence-electron chi connectivity index (χ2n) is 4.35. The van der Waals surface area contributed by atoms with E-state index in [2.05, 4.69) is 29.9 Å². The molecule has 2 N–H and O–H groups in total. The van der Waals surface area contributed by atoms with Gasteiger partial charge in [-0.1, -0.05) is 0 Å². The maximum atomic E-state index is 5.80. The van der Waals surface area contributed by atoms with Gasteiger partial charge in [0.1, 0.15) is 5.82 Å². The van der Waals surface area contributed by atoms with Gasteiger partial charge in [0.15, 0.2) is 0 Å². The highest BCUT2D eigenvalue weighted by molar-refractivity contribution is 5.51. The SMILES string of the molecule is COCCCN(C)c1nc(C)cc(C)c1CN. The molecule has 17 heavy (non-hydrogen) atoms. The summed E-state index contributed by atoms with van der Waals surface area (Å²) < 4.78 is 5.06. The molecule has 0 atom stereocenters. The summed E-state index contributed by atoms with van der Waals surface area (Å²) in [5.74, 6) is 1.00. The van der Waals surface area contributed by atoms with E-state index in [1.807, 2.05) is 6.92 Å². The third-order valence-corrected chi connectivity index (χ3v) is 2.86. The van der Waals surface area contributed by atoms with Crippen LogP contribution in [0.25, 0.3) is 0 Å². The van der Waals surface area contributed by atoms with Crippen molar-refractivity contribution in [2.24, 2.45) is 5.73 Å². The summed E-state index contributed by atoms with van der Waals surface area (Å²) >= 11 is 0. The molecule has 96 valence electrons. The van der Waals surface area contributed by atoms with Crippen LogP contribution in [-0.4, -0.2) is 32.3 Å². The lowest BCUT2D eigenvalue weighted by Crippen LogP contribution is -2.24. The van der Waals surface area contributed by atoms with Gasteiger partial charge < -0.3 is 15.4 Å². The zero-order chi connectivity index (χ0) is 12.8. The largest absolute Gasteiger partial charge is 0.385 e. The van der Waals surface area contributed by atoms with E-state index in [4.69, 9.17) is 10.5 Å². The molecule has 0 aliphatic rings. The van der Waals surface area contributed by atoms with E-state index in [0.29, 0.717) is 6.54 Å². The molecule has 0 saturated heterocycles. The standard InChI is InChI=1S/C13H23N3O/c1-10-8-11(2)15-13(12(10)9-14)16(3)6-5-7-17-4/h8H,5-7,9,14H2,1-4H3. The normalized spacial score (nSPS) is 10.6. The summed E-state index contributed by atoms with van der Waals surface area (Å²) in [5.41, 5.74) is 9.19. The Hall–Kier alpha value is -1.13. The van der Waals surface area contributed by atoms with Crippen molar-refractivity contribution in [2.75, 3.05) is 32.2 Å². The van der Waals surface area contributed by atoms with Crippen molar-refractivity contribution in [1.29, 1.82) is 0 Å². The number of hydrogen-bond acceptors (Lipinski definition) is 4. The molecule has 1 rings (SSSR count). The number of aromatic nitrogens is 1. The second-order valence-corrected chi connectivity index (χ2v) is 4.35. The second kappa shape index (κ2) is 6.57. The highest BCUT2D eigenvalue weighted by Crippen LogP contribution is 2.21. The zero-order valence-corrected chi connectivity index (χ0v) is 11.3. The van der Waals surface area contributed by atoms with Crippen LogP contribution < -0.4 is 10.6 Å². The van der Waals surface area contributed by atoms with Gasteiger partial charge in [0.2, 0.25) is 0 Å². The van der Waals surface area contributed by atoms with Gasteiger partial charge in [0, 0.05) is 45.1 Å². The van der Waals surface area contributed by atoms with E-state index in [1.165, 1.54) is 5.56 Å². The molecule has 0 saturated carbocycles. The number of aryl methyl sites for hydroxylation is 2. The van der Waals surface area contributed by atoms with Crippen LogP contribution in [0, 0.1) is 13.8 Å². The Morgan fingerprint density at radius 3 is 2.71 bits per heavy atom. The number of hydrogen-bond donors (Lipinski definition) is 1. The minimum atomic E-state index is 0.531. The highest BCUT2D eigenvalue weighted by Gasteiger charge is 2.11. The minimum absolute atomic E-state index is 0.531. The third-order valence-electron chi connectivity index (χ3n) is 2.86. The maximum Gasteiger partial charge on any atom is 0.133 e. The number of ether oxygens (including phenoxy) is 1. The summed E-state index contributed by atoms with van der Waals surface area (Å²) in [7, 11) is 3.77. The number of anilines is 1. The van der Waals surface area contributed by atoms with E-state index in [9.17, 15) is 0 Å². The summed E-state index contributed by atoms with van der Waals surface area (Å²) in [6.07, 6.45) is 0.992. The first-order chi connectivity index (χ1) is 8.10. The molecule has 1 aromatic rings. The zero-order valence-electron chi connectivity index (χ0n) is 11.3. The number of methoxy groups -OCH3 is 1. The van der Waals surface area contributed by atoms with Crippen molar-refractivity contribution in [1.82, 2.24) is 4.98 Å². The summed E-state index contributed by atoms with van der Waals surface area (Å²) in [6, 6.07) is 2.08. The molecule has 0 bridgehead atoms. The molecule has 0 spiro atoms. The van der Waals surface area contributed by atoms with Gasteiger partial charge in [0.05, 0.1) is 0 Å². The Labute approximate surface area is 104 Å². The Kier molecular flexibility index (Phi) is 5.38. The molecular weight excluding hydrogens is 214 g/mol. The van der Waals surface area contributed by atoms with Crippen LogP contribution in [-0.2, 0) is 11.3 Å². The molecular formula is C13H23N3O. The summed E-state index contributed by atoms with van der Waals surface area (Å²) in [6.45, 7) is 6.33. The third kappa shape index (κ3) is 3.68. The summed E-state index contributed by atoms with van der Waals surface area (Å²) in [5, 5.41) is 0. The van der Waals surface area contributed by atoms with E-state index in [-0.39, 0.29) is 0 Å². The lowest BCUT2D eigenvalue weighted by atomic mass is 10.1. The molecule has 1 aromatic heterocycles. The summed E-state index contributed by atoms with van der Waals surface area (Å²) in [4.78, 5) is 6.74. The van der Waals surface area contributed by atoms with Crippen LogP contribution in [0.5, 0.6) is 0 Å². The fourth-order valence-electron chi connectivity index (χ4n) is 1.96. The van der Waals surface area contributed by atoms with Crippen LogP contribution >= 0.6 is 0 Å². The number of nitrogens with zero attached hydrogens (tertiary/aromatic N) is 2.